The zero-order chi connectivity index (χ0) is 22.6. The van der Waals surface area contributed by atoms with E-state index >= 15 is 0 Å². The van der Waals surface area contributed by atoms with Crippen LogP contribution in [-0.2, 0) is 26.5 Å². The number of Topliss-reactive ketones (excluding diaryl/α,β-unsaturated/α-hetero) is 1. The molecule has 0 amide bonds. The Labute approximate surface area is 188 Å². The molecule has 0 aliphatic carbocycles. The number of alkyl halides is 1. The molecule has 2 aromatic rings. The first-order valence-corrected chi connectivity index (χ1v) is 13.3. The highest BCUT2D eigenvalue weighted by Gasteiger charge is 2.33. The Kier molecular flexibility index (Phi) is 7.54. The lowest BCUT2D eigenvalue weighted by Gasteiger charge is -2.33. The van der Waals surface area contributed by atoms with Crippen molar-refractivity contribution in [3.8, 4) is 0 Å². The van der Waals surface area contributed by atoms with Gasteiger partial charge in [-0.2, -0.15) is 8.61 Å². The van der Waals surface area contributed by atoms with Crippen LogP contribution in [0.4, 0.5) is 0 Å². The summed E-state index contributed by atoms with van der Waals surface area (Å²) in [6.07, 6.45) is 1.61. The predicted molar refractivity (Wildman–Crippen MR) is 119 cm³/mol. The minimum Gasteiger partial charge on any atom is -0.295 e. The maximum atomic E-state index is 12.9. The van der Waals surface area contributed by atoms with E-state index < -0.39 is 20.0 Å². The summed E-state index contributed by atoms with van der Waals surface area (Å²) in [6, 6.07) is 12.5. The standard InChI is InChI=1S/C21H25ClN2O5S2/c1-17(25)19-6-10-21(11-7-19)31(28,29)24-15-13-23(14-16-24)30(26,27)20-8-4-18(5-9-20)3-2-12-22/h4-11H,2-3,12-16H2,1H3. The van der Waals surface area contributed by atoms with Crippen LogP contribution in [0, 0.1) is 0 Å². The number of ketones is 1. The van der Waals surface area contributed by atoms with Crippen LogP contribution < -0.4 is 0 Å². The zero-order valence-electron chi connectivity index (χ0n) is 17.2. The van der Waals surface area contributed by atoms with Gasteiger partial charge in [0.15, 0.2) is 5.78 Å². The van der Waals surface area contributed by atoms with E-state index in [2.05, 4.69) is 0 Å². The smallest absolute Gasteiger partial charge is 0.243 e. The van der Waals surface area contributed by atoms with Gasteiger partial charge in [0, 0.05) is 37.6 Å². The fraction of sp³-hybridized carbons (Fsp3) is 0.381. The van der Waals surface area contributed by atoms with Crippen molar-refractivity contribution in [3.63, 3.8) is 0 Å². The van der Waals surface area contributed by atoms with Gasteiger partial charge in [-0.05, 0) is 49.6 Å². The largest absolute Gasteiger partial charge is 0.295 e. The lowest BCUT2D eigenvalue weighted by Crippen LogP contribution is -2.50. The molecule has 10 heteroatoms. The Morgan fingerprint density at radius 3 is 1.61 bits per heavy atom. The molecule has 0 saturated carbocycles. The minimum absolute atomic E-state index is 0.0594. The zero-order valence-corrected chi connectivity index (χ0v) is 19.6. The third kappa shape index (κ3) is 5.35. The first kappa shape index (κ1) is 23.9. The summed E-state index contributed by atoms with van der Waals surface area (Å²) in [5.41, 5.74) is 1.45. The van der Waals surface area contributed by atoms with Crippen molar-refractivity contribution in [2.75, 3.05) is 32.1 Å². The number of hydrogen-bond donors (Lipinski definition) is 0. The monoisotopic (exact) mass is 484 g/mol. The van der Waals surface area contributed by atoms with Crippen LogP contribution in [0.25, 0.3) is 0 Å². The van der Waals surface area contributed by atoms with Crippen molar-refractivity contribution in [2.24, 2.45) is 0 Å². The molecule has 168 valence electrons. The second-order valence-corrected chi connectivity index (χ2v) is 11.6. The number of sulfonamides is 2. The Morgan fingerprint density at radius 2 is 1.23 bits per heavy atom. The fourth-order valence-corrected chi connectivity index (χ4v) is 6.39. The summed E-state index contributed by atoms with van der Waals surface area (Å²) in [5, 5.41) is 0. The molecule has 2 aromatic carbocycles. The average molecular weight is 485 g/mol. The molecule has 3 rings (SSSR count). The highest BCUT2D eigenvalue weighted by molar-refractivity contribution is 7.89. The van der Waals surface area contributed by atoms with Gasteiger partial charge in [-0.15, -0.1) is 11.6 Å². The Balaban J connectivity index is 1.68. The molecule has 0 radical (unpaired) electrons. The van der Waals surface area contributed by atoms with Crippen molar-refractivity contribution in [1.82, 2.24) is 8.61 Å². The molecule has 0 aromatic heterocycles. The molecule has 0 N–H and O–H groups in total. The molecular weight excluding hydrogens is 460 g/mol. The van der Waals surface area contributed by atoms with E-state index in [0.29, 0.717) is 11.4 Å². The number of benzene rings is 2. The van der Waals surface area contributed by atoms with Gasteiger partial charge in [-0.3, -0.25) is 4.79 Å². The summed E-state index contributed by atoms with van der Waals surface area (Å²) in [6.45, 7) is 1.67. The quantitative estimate of drug-likeness (QED) is 0.424. The average Bonchev–Trinajstić information content (AvgIpc) is 2.78. The topological polar surface area (TPSA) is 91.8 Å². The highest BCUT2D eigenvalue weighted by Crippen LogP contribution is 2.22. The van der Waals surface area contributed by atoms with Crippen molar-refractivity contribution < 1.29 is 21.6 Å². The number of rotatable bonds is 8. The van der Waals surface area contributed by atoms with E-state index in [-0.39, 0.29) is 41.8 Å². The number of nitrogens with zero attached hydrogens (tertiary/aromatic N) is 2. The molecule has 0 bridgehead atoms. The molecule has 1 fully saturated rings. The molecule has 0 unspecified atom stereocenters. The van der Waals surface area contributed by atoms with Crippen molar-refractivity contribution in [3.05, 3.63) is 59.7 Å². The van der Waals surface area contributed by atoms with E-state index in [1.54, 1.807) is 24.3 Å². The van der Waals surface area contributed by atoms with Gasteiger partial charge in [0.1, 0.15) is 0 Å². The number of hydrogen-bond acceptors (Lipinski definition) is 5. The van der Waals surface area contributed by atoms with Gasteiger partial charge in [0.2, 0.25) is 20.0 Å². The van der Waals surface area contributed by atoms with Gasteiger partial charge in [0.25, 0.3) is 0 Å². The molecular formula is C21H25ClN2O5S2. The second kappa shape index (κ2) is 9.79. The van der Waals surface area contributed by atoms with Gasteiger partial charge < -0.3 is 0 Å². The Hall–Kier alpha value is -1.78. The molecule has 1 aliphatic rings. The number of carbonyl (C=O) groups excluding carboxylic acids is 1. The van der Waals surface area contributed by atoms with Crippen LogP contribution in [-0.4, -0.2) is 63.3 Å². The van der Waals surface area contributed by atoms with Gasteiger partial charge in [-0.25, -0.2) is 16.8 Å². The second-order valence-electron chi connectivity index (χ2n) is 7.33. The number of aryl methyl sites for hydroxylation is 1. The lowest BCUT2D eigenvalue weighted by molar-refractivity contribution is 0.101. The predicted octanol–water partition coefficient (Wildman–Crippen LogP) is 2.76. The Morgan fingerprint density at radius 1 is 0.806 bits per heavy atom. The number of halogens is 1. The first-order chi connectivity index (χ1) is 14.7. The molecule has 1 heterocycles. The summed E-state index contributed by atoms with van der Waals surface area (Å²) in [5.74, 6) is 0.406. The van der Waals surface area contributed by atoms with E-state index in [1.807, 2.05) is 0 Å². The molecule has 1 saturated heterocycles. The fourth-order valence-electron chi connectivity index (χ4n) is 3.41. The minimum atomic E-state index is -3.76. The van der Waals surface area contributed by atoms with Crippen LogP contribution >= 0.6 is 11.6 Å². The van der Waals surface area contributed by atoms with Crippen LogP contribution in [0.3, 0.4) is 0 Å². The highest BCUT2D eigenvalue weighted by atomic mass is 35.5. The molecule has 0 spiro atoms. The Bertz CT molecular complexity index is 1120. The number of piperazine rings is 1. The van der Waals surface area contributed by atoms with Gasteiger partial charge in [-0.1, -0.05) is 24.3 Å². The maximum Gasteiger partial charge on any atom is 0.243 e. The van der Waals surface area contributed by atoms with Crippen LogP contribution in [0.2, 0.25) is 0 Å². The summed E-state index contributed by atoms with van der Waals surface area (Å²) in [4.78, 5) is 11.7. The normalized spacial score (nSPS) is 16.3. The van der Waals surface area contributed by atoms with Gasteiger partial charge in [0.05, 0.1) is 9.79 Å². The van der Waals surface area contributed by atoms with Crippen molar-refractivity contribution >= 4 is 37.4 Å². The van der Waals surface area contributed by atoms with Crippen molar-refractivity contribution in [2.45, 2.75) is 29.6 Å². The third-order valence-electron chi connectivity index (χ3n) is 5.26. The number of carbonyl (C=O) groups is 1. The SMILES string of the molecule is CC(=O)c1ccc(S(=O)(=O)N2CCN(S(=O)(=O)c3ccc(CCCCl)cc3)CC2)cc1. The lowest BCUT2D eigenvalue weighted by atomic mass is 10.1. The summed E-state index contributed by atoms with van der Waals surface area (Å²) < 4.78 is 54.2. The van der Waals surface area contributed by atoms with E-state index in [4.69, 9.17) is 11.6 Å². The summed E-state index contributed by atoms with van der Waals surface area (Å²) in [7, 11) is -7.46. The molecule has 0 atom stereocenters. The van der Waals surface area contributed by atoms with E-state index in [0.717, 1.165) is 18.4 Å². The van der Waals surface area contributed by atoms with E-state index in [9.17, 15) is 21.6 Å². The maximum absolute atomic E-state index is 12.9. The summed E-state index contributed by atoms with van der Waals surface area (Å²) >= 11 is 5.70. The molecule has 7 nitrogen and oxygen atoms in total. The van der Waals surface area contributed by atoms with Gasteiger partial charge >= 0.3 is 0 Å². The van der Waals surface area contributed by atoms with Crippen LogP contribution in [0.1, 0.15) is 29.3 Å². The van der Waals surface area contributed by atoms with Crippen LogP contribution in [0.15, 0.2) is 58.3 Å². The third-order valence-corrected chi connectivity index (χ3v) is 9.35. The van der Waals surface area contributed by atoms with E-state index in [1.165, 1.54) is 39.8 Å². The molecule has 1 aliphatic heterocycles. The molecule has 31 heavy (non-hydrogen) atoms. The van der Waals surface area contributed by atoms with Crippen molar-refractivity contribution in [1.29, 1.82) is 0 Å². The van der Waals surface area contributed by atoms with Crippen LogP contribution in [0.5, 0.6) is 0 Å². The first-order valence-electron chi connectivity index (χ1n) is 9.92.